The highest BCUT2D eigenvalue weighted by atomic mass is 19.4. The van der Waals surface area contributed by atoms with Crippen LogP contribution in [0.4, 0.5) is 13.2 Å². The molecule has 5 heteroatoms. The summed E-state index contributed by atoms with van der Waals surface area (Å²) in [6, 6.07) is 0.778. The molecular weight excluding hydrogens is 229 g/mol. The molecule has 0 spiro atoms. The molecule has 102 valence electrons. The fourth-order valence-corrected chi connectivity index (χ4v) is 2.29. The summed E-state index contributed by atoms with van der Waals surface area (Å²) < 4.78 is 36.2. The number of nitrogens with zero attached hydrogens (tertiary/aromatic N) is 1. The molecule has 0 amide bonds. The molecule has 0 radical (unpaired) electrons. The lowest BCUT2D eigenvalue weighted by molar-refractivity contribution is -0.136. The fourth-order valence-electron chi connectivity index (χ4n) is 2.29. The zero-order valence-corrected chi connectivity index (χ0v) is 10.7. The summed E-state index contributed by atoms with van der Waals surface area (Å²) >= 11 is 0. The van der Waals surface area contributed by atoms with E-state index in [0.717, 1.165) is 26.1 Å². The first kappa shape index (κ1) is 14.8. The van der Waals surface area contributed by atoms with Crippen LogP contribution in [0, 0.1) is 0 Å². The molecule has 0 aliphatic carbocycles. The van der Waals surface area contributed by atoms with Crippen molar-refractivity contribution in [3.05, 3.63) is 0 Å². The van der Waals surface area contributed by atoms with Crippen molar-refractivity contribution < 1.29 is 13.2 Å². The van der Waals surface area contributed by atoms with Gasteiger partial charge in [-0.2, -0.15) is 13.2 Å². The maximum Gasteiger partial charge on any atom is 0.389 e. The Balaban J connectivity index is 2.29. The number of alkyl halides is 3. The zero-order chi connectivity index (χ0) is 12.9. The van der Waals surface area contributed by atoms with Gasteiger partial charge in [-0.15, -0.1) is 0 Å². The van der Waals surface area contributed by atoms with E-state index in [-0.39, 0.29) is 12.5 Å². The third kappa shape index (κ3) is 5.25. The van der Waals surface area contributed by atoms with Crippen LogP contribution in [0.3, 0.4) is 0 Å². The normalized spacial score (nSPS) is 19.4. The smallest absolute Gasteiger partial charge is 0.314 e. The van der Waals surface area contributed by atoms with Gasteiger partial charge in [-0.25, -0.2) is 0 Å². The van der Waals surface area contributed by atoms with E-state index in [1.807, 2.05) is 6.92 Å². The van der Waals surface area contributed by atoms with Gasteiger partial charge in [0.2, 0.25) is 0 Å². The highest BCUT2D eigenvalue weighted by Crippen LogP contribution is 2.24. The fraction of sp³-hybridized carbons (Fsp3) is 1.00. The molecule has 0 aromatic heterocycles. The molecule has 1 heterocycles. The van der Waals surface area contributed by atoms with Crippen molar-refractivity contribution in [1.82, 2.24) is 10.2 Å². The summed E-state index contributed by atoms with van der Waals surface area (Å²) in [4.78, 5) is 2.35. The first-order valence-corrected chi connectivity index (χ1v) is 6.47. The molecule has 1 atom stereocenters. The topological polar surface area (TPSA) is 15.3 Å². The van der Waals surface area contributed by atoms with E-state index >= 15 is 0 Å². The van der Waals surface area contributed by atoms with Crippen molar-refractivity contribution >= 4 is 0 Å². The summed E-state index contributed by atoms with van der Waals surface area (Å²) in [6.45, 7) is 7.10. The van der Waals surface area contributed by atoms with Crippen molar-refractivity contribution in [3.63, 3.8) is 0 Å². The molecule has 0 aromatic rings. The maximum atomic E-state index is 12.1. The van der Waals surface area contributed by atoms with Gasteiger partial charge in [0.05, 0.1) is 0 Å². The van der Waals surface area contributed by atoms with Crippen LogP contribution in [0.5, 0.6) is 0 Å². The minimum atomic E-state index is -4.01. The van der Waals surface area contributed by atoms with Crippen LogP contribution in [0.1, 0.15) is 39.5 Å². The van der Waals surface area contributed by atoms with Crippen molar-refractivity contribution in [2.24, 2.45) is 0 Å². The predicted octanol–water partition coefficient (Wildman–Crippen LogP) is 2.79. The lowest BCUT2D eigenvalue weighted by atomic mass is 10.0. The van der Waals surface area contributed by atoms with Crippen LogP contribution in [0.15, 0.2) is 0 Å². The molecule has 1 rings (SSSR count). The molecule has 1 aliphatic heterocycles. The largest absolute Gasteiger partial charge is 0.389 e. The van der Waals surface area contributed by atoms with E-state index in [1.165, 1.54) is 0 Å². The Kier molecular flexibility index (Phi) is 5.73. The van der Waals surface area contributed by atoms with Gasteiger partial charge in [0.15, 0.2) is 0 Å². The first-order chi connectivity index (χ1) is 7.94. The third-order valence-corrected chi connectivity index (χ3v) is 3.36. The Morgan fingerprint density at radius 3 is 2.41 bits per heavy atom. The average Bonchev–Trinajstić information content (AvgIpc) is 2.12. The highest BCUT2D eigenvalue weighted by molar-refractivity contribution is 4.87. The van der Waals surface area contributed by atoms with Crippen LogP contribution in [0.25, 0.3) is 0 Å². The van der Waals surface area contributed by atoms with E-state index in [0.29, 0.717) is 12.5 Å². The van der Waals surface area contributed by atoms with Crippen LogP contribution in [0.2, 0.25) is 0 Å². The van der Waals surface area contributed by atoms with Gasteiger partial charge in [-0.3, -0.25) is 4.90 Å². The Hall–Kier alpha value is -0.290. The molecule has 17 heavy (non-hydrogen) atoms. The molecule has 1 saturated heterocycles. The van der Waals surface area contributed by atoms with Gasteiger partial charge < -0.3 is 5.32 Å². The summed E-state index contributed by atoms with van der Waals surface area (Å²) in [6.07, 6.45) is -2.73. The molecular formula is C12H23F3N2. The van der Waals surface area contributed by atoms with Crippen LogP contribution < -0.4 is 5.32 Å². The Labute approximate surface area is 102 Å². The lowest BCUT2D eigenvalue weighted by Crippen LogP contribution is -2.59. The SMILES string of the molecule is CCCN(C(C)CCCC(F)(F)F)C1CNC1. The minimum Gasteiger partial charge on any atom is -0.314 e. The maximum absolute atomic E-state index is 12.1. The first-order valence-electron chi connectivity index (χ1n) is 6.47. The van der Waals surface area contributed by atoms with E-state index in [9.17, 15) is 13.2 Å². The molecule has 1 fully saturated rings. The van der Waals surface area contributed by atoms with Crippen molar-refractivity contribution in [2.75, 3.05) is 19.6 Å². The number of halogens is 3. The summed E-state index contributed by atoms with van der Waals surface area (Å²) in [5.41, 5.74) is 0. The molecule has 0 aromatic carbocycles. The minimum absolute atomic E-state index is 0.241. The standard InChI is InChI=1S/C12H23F3N2/c1-3-7-17(11-8-16-9-11)10(2)5-4-6-12(13,14)15/h10-11,16H,3-9H2,1-2H3. The van der Waals surface area contributed by atoms with Gasteiger partial charge in [-0.1, -0.05) is 6.92 Å². The number of hydrogen-bond donors (Lipinski definition) is 1. The van der Waals surface area contributed by atoms with E-state index in [4.69, 9.17) is 0 Å². The molecule has 0 bridgehead atoms. The second-order valence-corrected chi connectivity index (χ2v) is 4.91. The quantitative estimate of drug-likeness (QED) is 0.749. The number of rotatable bonds is 7. The average molecular weight is 252 g/mol. The van der Waals surface area contributed by atoms with Crippen LogP contribution in [-0.4, -0.2) is 42.8 Å². The van der Waals surface area contributed by atoms with Crippen LogP contribution >= 0.6 is 0 Å². The Morgan fingerprint density at radius 1 is 1.35 bits per heavy atom. The Bertz CT molecular complexity index is 214. The van der Waals surface area contributed by atoms with Crippen molar-refractivity contribution in [1.29, 1.82) is 0 Å². The van der Waals surface area contributed by atoms with Crippen molar-refractivity contribution in [3.8, 4) is 0 Å². The van der Waals surface area contributed by atoms with Crippen LogP contribution in [-0.2, 0) is 0 Å². The second-order valence-electron chi connectivity index (χ2n) is 4.91. The molecule has 1 aliphatic rings. The monoisotopic (exact) mass is 252 g/mol. The Morgan fingerprint density at radius 2 is 2.00 bits per heavy atom. The van der Waals surface area contributed by atoms with Gasteiger partial charge in [0.25, 0.3) is 0 Å². The van der Waals surface area contributed by atoms with E-state index < -0.39 is 12.6 Å². The van der Waals surface area contributed by atoms with Gasteiger partial charge in [0, 0.05) is 31.6 Å². The highest BCUT2D eigenvalue weighted by Gasteiger charge is 2.29. The third-order valence-electron chi connectivity index (χ3n) is 3.36. The second kappa shape index (κ2) is 6.59. The van der Waals surface area contributed by atoms with Gasteiger partial charge >= 0.3 is 6.18 Å². The van der Waals surface area contributed by atoms with Gasteiger partial charge in [-0.05, 0) is 32.7 Å². The number of hydrogen-bond acceptors (Lipinski definition) is 2. The van der Waals surface area contributed by atoms with E-state index in [2.05, 4.69) is 17.1 Å². The number of nitrogens with one attached hydrogen (secondary N) is 1. The lowest BCUT2D eigenvalue weighted by Gasteiger charge is -2.42. The van der Waals surface area contributed by atoms with Crippen molar-refractivity contribution in [2.45, 2.75) is 57.8 Å². The molecule has 2 nitrogen and oxygen atoms in total. The molecule has 1 unspecified atom stereocenters. The molecule has 1 N–H and O–H groups in total. The summed E-state index contributed by atoms with van der Waals surface area (Å²) in [5.74, 6) is 0. The zero-order valence-electron chi connectivity index (χ0n) is 10.7. The summed E-state index contributed by atoms with van der Waals surface area (Å²) in [5, 5.41) is 3.21. The summed E-state index contributed by atoms with van der Waals surface area (Å²) in [7, 11) is 0. The predicted molar refractivity (Wildman–Crippen MR) is 63.0 cm³/mol. The van der Waals surface area contributed by atoms with E-state index in [1.54, 1.807) is 0 Å². The van der Waals surface area contributed by atoms with Gasteiger partial charge in [0.1, 0.15) is 0 Å². The molecule has 0 saturated carbocycles.